The van der Waals surface area contributed by atoms with E-state index in [1.165, 1.54) is 22.9 Å². The van der Waals surface area contributed by atoms with Gasteiger partial charge in [-0.2, -0.15) is 10.2 Å². The van der Waals surface area contributed by atoms with Gasteiger partial charge in [-0.05, 0) is 110 Å². The Morgan fingerprint density at radius 3 is 2.30 bits per heavy atom. The summed E-state index contributed by atoms with van der Waals surface area (Å²) in [4.78, 5) is 48.5. The zero-order valence-electron chi connectivity index (χ0n) is 35.6. The number of amides is 3. The van der Waals surface area contributed by atoms with Crippen LogP contribution in [0.1, 0.15) is 119 Å². The summed E-state index contributed by atoms with van der Waals surface area (Å²) in [7, 11) is 0. The number of pyridine rings is 1. The highest BCUT2D eigenvalue weighted by Crippen LogP contribution is 2.40. The van der Waals surface area contributed by atoms with Gasteiger partial charge >= 0.3 is 0 Å². The van der Waals surface area contributed by atoms with Gasteiger partial charge in [0.05, 0.1) is 23.7 Å². The van der Waals surface area contributed by atoms with E-state index in [0.29, 0.717) is 48.8 Å². The number of nitrogens with zero attached hydrogens (tertiary/aromatic N) is 7. The molecule has 5 aliphatic rings. The van der Waals surface area contributed by atoms with E-state index in [-0.39, 0.29) is 30.0 Å². The van der Waals surface area contributed by atoms with Crippen molar-refractivity contribution in [2.45, 2.75) is 114 Å². The minimum atomic E-state index is -0.991. The number of nitrogen functional groups attached to an aromatic ring is 1. The van der Waals surface area contributed by atoms with Crippen molar-refractivity contribution < 1.29 is 23.9 Å². The lowest BCUT2D eigenvalue weighted by Crippen LogP contribution is -2.52. The number of rotatable bonds is 10. The van der Waals surface area contributed by atoms with Crippen LogP contribution in [0.15, 0.2) is 67.1 Å². The lowest BCUT2D eigenvalue weighted by molar-refractivity contribution is -0.136. The van der Waals surface area contributed by atoms with Gasteiger partial charge in [0.2, 0.25) is 11.8 Å². The van der Waals surface area contributed by atoms with Gasteiger partial charge in [0.15, 0.2) is 5.82 Å². The maximum absolute atomic E-state index is 14.7. The molecule has 8 heterocycles. The summed E-state index contributed by atoms with van der Waals surface area (Å²) < 4.78 is 16.7. The molecule has 5 aliphatic heterocycles. The van der Waals surface area contributed by atoms with Gasteiger partial charge in [0.25, 0.3) is 5.91 Å². The number of aliphatic hydroxyl groups is 1. The molecule has 3 fully saturated rings. The molecule has 3 saturated heterocycles. The SMILES string of the molecule is Nc1ncc(C2CCN(Cc3ccc(CN4CCC(O)(c5ccc6c(c5)CN(C5CCC(=O)NC5=O)C6=O)CC4)cc3)CC2)cc1C[C@@H]1CCCCn2ncc(-c3[nH]ncc3F)c21. The number of anilines is 1. The molecule has 328 valence electrons. The Bertz CT molecular complexity index is 2520. The number of nitrogens with two attached hydrogens (primary N) is 1. The third-order valence-electron chi connectivity index (χ3n) is 14.4. The lowest BCUT2D eigenvalue weighted by Gasteiger charge is -2.38. The fourth-order valence-electron chi connectivity index (χ4n) is 10.8. The molecule has 63 heavy (non-hydrogen) atoms. The second kappa shape index (κ2) is 17.1. The number of likely N-dealkylation sites (tertiary alicyclic amines) is 2. The summed E-state index contributed by atoms with van der Waals surface area (Å²) in [6.07, 6.45) is 12.5. The third-order valence-corrected chi connectivity index (χ3v) is 14.4. The van der Waals surface area contributed by atoms with E-state index in [2.05, 4.69) is 65.7 Å². The van der Waals surface area contributed by atoms with Crippen molar-refractivity contribution in [1.29, 1.82) is 0 Å². The van der Waals surface area contributed by atoms with Crippen molar-refractivity contribution in [1.82, 2.24) is 45.0 Å². The van der Waals surface area contributed by atoms with Crippen molar-refractivity contribution in [3.63, 3.8) is 0 Å². The highest BCUT2D eigenvalue weighted by Gasteiger charge is 2.41. The molecule has 0 saturated carbocycles. The second-order valence-electron chi connectivity index (χ2n) is 18.4. The zero-order chi connectivity index (χ0) is 43.2. The van der Waals surface area contributed by atoms with Crippen LogP contribution in [0, 0.1) is 5.82 Å². The van der Waals surface area contributed by atoms with E-state index in [1.807, 2.05) is 23.0 Å². The van der Waals surface area contributed by atoms with Crippen LogP contribution < -0.4 is 11.1 Å². The molecule has 2 atom stereocenters. The van der Waals surface area contributed by atoms with Gasteiger partial charge in [-0.1, -0.05) is 48.9 Å². The smallest absolute Gasteiger partial charge is 0.255 e. The van der Waals surface area contributed by atoms with Crippen molar-refractivity contribution >= 4 is 23.5 Å². The monoisotopic (exact) mass is 854 g/mol. The van der Waals surface area contributed by atoms with Crippen LogP contribution in [0.4, 0.5) is 10.2 Å². The summed E-state index contributed by atoms with van der Waals surface area (Å²) in [6, 6.07) is 16.1. The first-order valence-corrected chi connectivity index (χ1v) is 22.6. The summed E-state index contributed by atoms with van der Waals surface area (Å²) in [5, 5.41) is 25.5. The Morgan fingerprint density at radius 2 is 1.59 bits per heavy atom. The van der Waals surface area contributed by atoms with Crippen LogP contribution in [0.25, 0.3) is 11.3 Å². The molecule has 3 aromatic heterocycles. The summed E-state index contributed by atoms with van der Waals surface area (Å²) in [5.41, 5.74) is 14.7. The molecule has 1 unspecified atom stereocenters. The van der Waals surface area contributed by atoms with Gasteiger partial charge in [0.1, 0.15) is 17.6 Å². The maximum atomic E-state index is 14.7. The second-order valence-corrected chi connectivity index (χ2v) is 18.4. The van der Waals surface area contributed by atoms with Gasteiger partial charge in [0, 0.05) is 68.9 Å². The van der Waals surface area contributed by atoms with Crippen LogP contribution in [0.3, 0.4) is 0 Å². The molecular formula is C48H55FN10O4. The first kappa shape index (κ1) is 41.3. The number of carbonyl (C=O) groups is 3. The Labute approximate surface area is 366 Å². The predicted octanol–water partition coefficient (Wildman–Crippen LogP) is 5.52. The molecule has 15 heteroatoms. The molecule has 14 nitrogen and oxygen atoms in total. The molecule has 5 aromatic rings. The predicted molar refractivity (Wildman–Crippen MR) is 233 cm³/mol. The van der Waals surface area contributed by atoms with Crippen molar-refractivity contribution in [2.24, 2.45) is 0 Å². The first-order valence-electron chi connectivity index (χ1n) is 22.6. The Morgan fingerprint density at radius 1 is 0.841 bits per heavy atom. The average Bonchev–Trinajstić information content (AvgIpc) is 3.96. The summed E-state index contributed by atoms with van der Waals surface area (Å²) >= 11 is 0. The number of hydrogen-bond acceptors (Lipinski definition) is 10. The van der Waals surface area contributed by atoms with Crippen LogP contribution in [0.2, 0.25) is 0 Å². The first-order chi connectivity index (χ1) is 30.6. The van der Waals surface area contributed by atoms with E-state index in [0.717, 1.165) is 112 Å². The Kier molecular flexibility index (Phi) is 11.2. The number of aromatic amines is 1. The van der Waals surface area contributed by atoms with Crippen LogP contribution in [0.5, 0.6) is 0 Å². The number of H-pyrrole nitrogens is 1. The summed E-state index contributed by atoms with van der Waals surface area (Å²) in [5.74, 6) is -0.195. The largest absolute Gasteiger partial charge is 0.385 e. The van der Waals surface area contributed by atoms with Crippen molar-refractivity contribution in [2.75, 3.05) is 31.9 Å². The van der Waals surface area contributed by atoms with Gasteiger partial charge in [-0.15, -0.1) is 0 Å². The van der Waals surface area contributed by atoms with E-state index in [4.69, 9.17) is 5.73 Å². The number of aromatic nitrogens is 5. The van der Waals surface area contributed by atoms with Gasteiger partial charge in [-0.3, -0.25) is 39.3 Å². The van der Waals surface area contributed by atoms with Crippen molar-refractivity contribution in [3.05, 3.63) is 118 Å². The Balaban J connectivity index is 0.706. The molecule has 0 aliphatic carbocycles. The average molecular weight is 855 g/mol. The fourth-order valence-corrected chi connectivity index (χ4v) is 10.8. The molecule has 5 N–H and O–H groups in total. The number of nitrogens with one attached hydrogen (secondary N) is 2. The number of aryl methyl sites for hydroxylation is 1. The van der Waals surface area contributed by atoms with Crippen LogP contribution in [-0.4, -0.2) is 94.7 Å². The van der Waals surface area contributed by atoms with E-state index in [9.17, 15) is 23.9 Å². The fraction of sp³-hybridized carbons (Fsp3) is 0.458. The van der Waals surface area contributed by atoms with Gasteiger partial charge in [-0.25, -0.2) is 9.37 Å². The van der Waals surface area contributed by atoms with Crippen LogP contribution in [-0.2, 0) is 47.8 Å². The Hall–Kier alpha value is -5.77. The maximum Gasteiger partial charge on any atom is 0.255 e. The van der Waals surface area contributed by atoms with Gasteiger partial charge < -0.3 is 15.7 Å². The van der Waals surface area contributed by atoms with Crippen LogP contribution >= 0.6 is 0 Å². The minimum Gasteiger partial charge on any atom is -0.385 e. The number of hydrogen-bond donors (Lipinski definition) is 4. The van der Waals surface area contributed by atoms with E-state index < -0.39 is 17.6 Å². The number of carbonyl (C=O) groups excluding carboxylic acids is 3. The lowest BCUT2D eigenvalue weighted by atomic mass is 9.83. The number of halogens is 1. The zero-order valence-corrected chi connectivity index (χ0v) is 35.6. The molecular weight excluding hydrogens is 800 g/mol. The normalized spacial score (nSPS) is 22.2. The van der Waals surface area contributed by atoms with E-state index in [1.54, 1.807) is 17.2 Å². The number of benzene rings is 2. The molecule has 0 radical (unpaired) electrons. The summed E-state index contributed by atoms with van der Waals surface area (Å²) in [6.45, 7) is 6.32. The molecule has 0 spiro atoms. The topological polar surface area (TPSA) is 179 Å². The highest BCUT2D eigenvalue weighted by molar-refractivity contribution is 6.05. The standard InChI is InChI=1S/C48H55FN10O4/c49-40-26-52-55-43(40)39-25-53-59-16-2-1-3-33(44(39)59)21-34-22-35(24-51-45(34)50)32-12-17-56(18-13-32)27-30-4-6-31(7-5-30)28-57-19-14-48(63,15-20-57)37-8-9-38-36(23-37)29-58(47(38)62)41-10-11-42(60)54-46(41)61/h4-9,22-26,32-33,41,63H,1-3,10-21,27-29H2,(H2,50,51)(H,52,55)(H,54,60,61)/t33-,41?/m0/s1. The molecule has 0 bridgehead atoms. The van der Waals surface area contributed by atoms with E-state index >= 15 is 0 Å². The number of imide groups is 1. The minimum absolute atomic E-state index is 0.139. The molecule has 3 amide bonds. The highest BCUT2D eigenvalue weighted by atomic mass is 19.1. The molecule has 10 rings (SSSR count). The third kappa shape index (κ3) is 8.29. The quantitative estimate of drug-likeness (QED) is 0.131. The number of fused-ring (bicyclic) bond motifs is 2. The number of piperidine rings is 3. The molecule has 2 aromatic carbocycles. The van der Waals surface area contributed by atoms with Crippen molar-refractivity contribution in [3.8, 4) is 11.3 Å².